The molecule has 0 unspecified atom stereocenters. The van der Waals surface area contributed by atoms with Gasteiger partial charge < -0.3 is 27.1 Å². The van der Waals surface area contributed by atoms with Crippen molar-refractivity contribution < 1.29 is 48.4 Å². The van der Waals surface area contributed by atoms with E-state index in [0.717, 1.165) is 0 Å². The molecule has 0 saturated heterocycles. The summed E-state index contributed by atoms with van der Waals surface area (Å²) in [5.74, 6) is 4.25. The van der Waals surface area contributed by atoms with Crippen molar-refractivity contribution in [3.8, 4) is 34.5 Å². The number of benzene rings is 9. The molecule has 332 valence electrons. The standard InChI is InChI=1S/2C18H15O3P.C18H15P.CO.Ni/c2*1-4-10-16(11-5-1)19-22(20-17-12-6-2-7-13-17)21-18-14-8-3-9-15-18;1-4-10-16(11-5-1)19(17-12-6-2-7-13-17)18-14-8-3-9-15-18;1-2;/h2*1-15H;1-15H;;. The molecule has 9 aromatic rings. The summed E-state index contributed by atoms with van der Waals surface area (Å²) in [6.07, 6.45) is 0. The van der Waals surface area contributed by atoms with E-state index in [4.69, 9.17) is 31.9 Å². The van der Waals surface area contributed by atoms with Crippen LogP contribution in [0.2, 0.25) is 0 Å². The molecule has 0 heterocycles. The molecular weight excluding hydrogens is 924 g/mol. The summed E-state index contributed by atoms with van der Waals surface area (Å²) in [6, 6.07) is 89.3. The molecule has 0 aromatic heterocycles. The molecule has 7 nitrogen and oxygen atoms in total. The molecule has 0 bridgehead atoms. The molecule has 0 N–H and O–H groups in total. The first-order chi connectivity index (χ1) is 32.2. The maximum absolute atomic E-state index is 7.50. The molecular formula is C55H45NiO7P3. The Balaban J connectivity index is 0.000000181. The van der Waals surface area contributed by atoms with Crippen LogP contribution in [0.1, 0.15) is 0 Å². The number of rotatable bonds is 15. The van der Waals surface area contributed by atoms with Crippen molar-refractivity contribution in [1.82, 2.24) is 0 Å². The van der Waals surface area contributed by atoms with E-state index in [9.17, 15) is 0 Å². The van der Waals surface area contributed by atoms with Crippen LogP contribution in [0, 0.1) is 0 Å². The molecule has 0 atom stereocenters. The van der Waals surface area contributed by atoms with Gasteiger partial charge >= 0.3 is 17.2 Å². The Hall–Kier alpha value is -6.77. The molecule has 11 heteroatoms. The van der Waals surface area contributed by atoms with E-state index < -0.39 is 25.1 Å². The van der Waals surface area contributed by atoms with Crippen molar-refractivity contribution in [2.45, 2.75) is 0 Å². The molecule has 0 aliphatic heterocycles. The molecule has 9 rings (SSSR count). The molecule has 0 spiro atoms. The van der Waals surface area contributed by atoms with E-state index in [0.29, 0.717) is 34.5 Å². The van der Waals surface area contributed by atoms with Gasteiger partial charge in [0.15, 0.2) is 0 Å². The van der Waals surface area contributed by atoms with Crippen LogP contribution in [0.4, 0.5) is 0 Å². The number of carbonyl (C=O) groups excluding carboxylic acids is 1. The number of hydrogen-bond donors (Lipinski definition) is 0. The van der Waals surface area contributed by atoms with Crippen LogP contribution in [-0.2, 0) is 21.3 Å². The summed E-state index contributed by atoms with van der Waals surface area (Å²) in [5, 5.41) is 4.19. The van der Waals surface area contributed by atoms with E-state index in [1.165, 1.54) is 15.9 Å². The first-order valence-electron chi connectivity index (χ1n) is 20.4. The molecule has 0 amide bonds. The Kier molecular flexibility index (Phi) is 22.6. The fourth-order valence-electron chi connectivity index (χ4n) is 5.69. The van der Waals surface area contributed by atoms with Crippen LogP contribution < -0.4 is 43.1 Å². The monoisotopic (exact) mass is 968 g/mol. The van der Waals surface area contributed by atoms with E-state index in [2.05, 4.69) is 97.8 Å². The quantitative estimate of drug-likeness (QED) is 0.0748. The summed E-state index contributed by atoms with van der Waals surface area (Å²) < 4.78 is 35.1. The smallest absolute Gasteiger partial charge is 0.409 e. The maximum Gasteiger partial charge on any atom is 0.530 e. The fraction of sp³-hybridized carbons (Fsp3) is 0. The average molecular weight is 970 g/mol. The van der Waals surface area contributed by atoms with Crippen molar-refractivity contribution in [2.75, 3.05) is 0 Å². The van der Waals surface area contributed by atoms with Gasteiger partial charge in [-0.05, 0) is 96.6 Å². The van der Waals surface area contributed by atoms with Crippen molar-refractivity contribution >= 4 is 47.8 Å². The van der Waals surface area contributed by atoms with E-state index in [-0.39, 0.29) is 16.5 Å². The minimum atomic E-state index is -1.59. The van der Waals surface area contributed by atoms with Gasteiger partial charge in [0, 0.05) is 16.5 Å². The van der Waals surface area contributed by atoms with Gasteiger partial charge in [0.2, 0.25) is 0 Å². The van der Waals surface area contributed by atoms with E-state index >= 15 is 0 Å². The predicted molar refractivity (Wildman–Crippen MR) is 267 cm³/mol. The van der Waals surface area contributed by atoms with Crippen LogP contribution in [-0.4, -0.2) is 6.79 Å². The molecule has 0 aliphatic carbocycles. The van der Waals surface area contributed by atoms with Gasteiger partial charge in [-0.3, -0.25) is 4.79 Å². The molecule has 2 radical (unpaired) electrons. The molecule has 9 aromatic carbocycles. The molecule has 0 fully saturated rings. The van der Waals surface area contributed by atoms with Gasteiger partial charge in [0.25, 0.3) is 6.79 Å². The van der Waals surface area contributed by atoms with Crippen molar-refractivity contribution in [1.29, 1.82) is 0 Å². The van der Waals surface area contributed by atoms with E-state index in [1.807, 2.05) is 182 Å². The van der Waals surface area contributed by atoms with Crippen LogP contribution in [0.25, 0.3) is 0 Å². The first-order valence-corrected chi connectivity index (χ1v) is 23.9. The van der Waals surface area contributed by atoms with Gasteiger partial charge in [0.1, 0.15) is 34.5 Å². The predicted octanol–water partition coefficient (Wildman–Crippen LogP) is 13.9. The van der Waals surface area contributed by atoms with Crippen LogP contribution in [0.15, 0.2) is 273 Å². The Labute approximate surface area is 401 Å². The Morgan fingerprint density at radius 1 is 0.227 bits per heavy atom. The van der Waals surface area contributed by atoms with Gasteiger partial charge in [-0.15, -0.1) is 0 Å². The largest absolute Gasteiger partial charge is 0.530 e. The fourth-order valence-corrected chi connectivity index (χ4v) is 9.99. The van der Waals surface area contributed by atoms with Gasteiger partial charge in [0.05, 0.1) is 0 Å². The van der Waals surface area contributed by atoms with Crippen molar-refractivity contribution in [3.63, 3.8) is 0 Å². The summed E-state index contributed by atoms with van der Waals surface area (Å²) in [6.45, 7) is 4.50. The van der Waals surface area contributed by atoms with Crippen LogP contribution in [0.3, 0.4) is 0 Å². The second kappa shape index (κ2) is 29.6. The second-order valence-electron chi connectivity index (χ2n) is 13.2. The Morgan fingerprint density at radius 2 is 0.364 bits per heavy atom. The topological polar surface area (TPSA) is 72.5 Å². The first kappa shape index (κ1) is 50.2. The zero-order chi connectivity index (χ0) is 45.0. The third-order valence-electron chi connectivity index (χ3n) is 8.58. The molecule has 66 heavy (non-hydrogen) atoms. The van der Waals surface area contributed by atoms with Crippen LogP contribution >= 0.6 is 25.1 Å². The Bertz CT molecular complexity index is 2170. The zero-order valence-electron chi connectivity index (χ0n) is 35.5. The molecule has 0 saturated carbocycles. The summed E-state index contributed by atoms with van der Waals surface area (Å²) >= 11 is 0. The zero-order valence-corrected chi connectivity index (χ0v) is 39.2. The van der Waals surface area contributed by atoms with Crippen LogP contribution in [0.5, 0.6) is 34.5 Å². The SMILES string of the molecule is [C]=O.[Ni].c1ccc(OP(Oc2ccccc2)Oc2ccccc2)cc1.c1ccc(OP(Oc2ccccc2)Oc2ccccc2)cc1.c1ccc(P(c2ccccc2)c2ccccc2)cc1. The minimum absolute atomic E-state index is 0. The number of para-hydroxylation sites is 6. The third kappa shape index (κ3) is 17.7. The molecule has 0 aliphatic rings. The summed E-state index contributed by atoms with van der Waals surface area (Å²) in [5.41, 5.74) is 0. The van der Waals surface area contributed by atoms with E-state index in [1.54, 1.807) is 0 Å². The van der Waals surface area contributed by atoms with Crippen molar-refractivity contribution in [2.24, 2.45) is 0 Å². The van der Waals surface area contributed by atoms with Gasteiger partial charge in [-0.1, -0.05) is 200 Å². The Morgan fingerprint density at radius 3 is 0.515 bits per heavy atom. The summed E-state index contributed by atoms with van der Waals surface area (Å²) in [4.78, 5) is 7.50. The van der Waals surface area contributed by atoms with Crippen molar-refractivity contribution in [3.05, 3.63) is 273 Å². The average Bonchev–Trinajstić information content (AvgIpc) is 3.38. The third-order valence-corrected chi connectivity index (χ3v) is 13.2. The number of hydrogen-bond acceptors (Lipinski definition) is 7. The van der Waals surface area contributed by atoms with Gasteiger partial charge in [-0.25, -0.2) is 0 Å². The maximum atomic E-state index is 7.50. The minimum Gasteiger partial charge on any atom is -0.409 e. The second-order valence-corrected chi connectivity index (χ2v) is 17.4. The normalized spacial score (nSPS) is 9.92. The van der Waals surface area contributed by atoms with Gasteiger partial charge in [-0.2, -0.15) is 0 Å². The summed E-state index contributed by atoms with van der Waals surface area (Å²) in [7, 11) is -3.62.